The van der Waals surface area contributed by atoms with Gasteiger partial charge in [-0.2, -0.15) is 0 Å². The number of aliphatic hydroxyl groups excluding tert-OH is 3. The van der Waals surface area contributed by atoms with Crippen molar-refractivity contribution in [2.45, 2.75) is 0 Å². The van der Waals surface area contributed by atoms with Crippen LogP contribution in [0.2, 0.25) is 0 Å². The summed E-state index contributed by atoms with van der Waals surface area (Å²) in [5.41, 5.74) is 0. The first-order valence-electron chi connectivity index (χ1n) is 4.06. The molecule has 0 amide bonds. The number of rotatable bonds is 6. The molecule has 0 heterocycles. The third-order valence-corrected chi connectivity index (χ3v) is 1.25. The Bertz CT molecular complexity index is 204. The fourth-order valence-electron chi connectivity index (χ4n) is 0.760. The van der Waals surface area contributed by atoms with Gasteiger partial charge >= 0.3 is 17.1 Å². The summed E-state index contributed by atoms with van der Waals surface area (Å²) in [5.74, 6) is 0. The van der Waals surface area contributed by atoms with E-state index in [1.54, 1.807) is 4.90 Å². The van der Waals surface area contributed by atoms with Gasteiger partial charge in [0.15, 0.2) is 0 Å². The largest absolute Gasteiger partial charge is 2.00 e. The van der Waals surface area contributed by atoms with Crippen LogP contribution in [0.3, 0.4) is 0 Å². The summed E-state index contributed by atoms with van der Waals surface area (Å²) in [6, 6.07) is 0. The molecule has 13 heteroatoms. The Morgan fingerprint density at radius 3 is 1.11 bits per heavy atom. The molecule has 0 rings (SSSR count). The van der Waals surface area contributed by atoms with Gasteiger partial charge in [-0.05, 0) is 0 Å². The number of nitrogens with zero attached hydrogens (tertiary/aromatic N) is 1. The minimum absolute atomic E-state index is 0. The van der Waals surface area contributed by atoms with Crippen LogP contribution in [-0.4, -0.2) is 82.7 Å². The summed E-state index contributed by atoms with van der Waals surface area (Å²) >= 11 is 0. The Morgan fingerprint density at radius 2 is 1.00 bits per heavy atom. The summed E-state index contributed by atoms with van der Waals surface area (Å²) in [5, 5.41) is 25.5. The molecule has 0 saturated carbocycles. The molecule has 11 N–H and O–H groups in total. The quantitative estimate of drug-likeness (QED) is 0.177. The fourth-order valence-corrected chi connectivity index (χ4v) is 0.760. The van der Waals surface area contributed by atoms with E-state index < -0.39 is 10.4 Å². The first-order chi connectivity index (χ1) is 6.85. The molecule has 1 radical (unpaired) electrons. The van der Waals surface area contributed by atoms with Crippen molar-refractivity contribution in [3.05, 3.63) is 0 Å². The Morgan fingerprint density at radius 1 is 0.842 bits per heavy atom. The maximum atomic E-state index is 8.52. The minimum Gasteiger partial charge on any atom is -0.759 e. The van der Waals surface area contributed by atoms with Crippen LogP contribution < -0.4 is 0 Å². The van der Waals surface area contributed by atoms with E-state index in [-0.39, 0.29) is 53.3 Å². The molecule has 0 aromatic rings. The van der Waals surface area contributed by atoms with Crippen molar-refractivity contribution >= 4 is 10.4 Å². The van der Waals surface area contributed by atoms with Crippen molar-refractivity contribution in [2.75, 3.05) is 39.5 Å². The first kappa shape index (κ1) is 36.5. The number of aliphatic hydroxyl groups is 3. The van der Waals surface area contributed by atoms with E-state index in [4.69, 9.17) is 32.8 Å². The summed E-state index contributed by atoms with van der Waals surface area (Å²) < 4.78 is 34.1. The van der Waals surface area contributed by atoms with Gasteiger partial charge in [0.2, 0.25) is 0 Å². The minimum atomic E-state index is -5.17. The van der Waals surface area contributed by atoms with Crippen LogP contribution in [-0.2, 0) is 38.4 Å². The molecular formula is C6H23CuNO10S+2. The Labute approximate surface area is 121 Å². The average molecular weight is 365 g/mol. The van der Waals surface area contributed by atoms with Crippen molar-refractivity contribution in [1.82, 2.24) is 4.90 Å². The molecule has 0 aromatic carbocycles. The van der Waals surface area contributed by atoms with E-state index >= 15 is 0 Å². The molecule has 0 aliphatic carbocycles. The van der Waals surface area contributed by atoms with Gasteiger partial charge in [-0.15, -0.1) is 0 Å². The van der Waals surface area contributed by atoms with Gasteiger partial charge in [-0.3, -0.25) is 13.3 Å². The molecular weight excluding hydrogens is 342 g/mol. The molecule has 0 fully saturated rings. The zero-order valence-corrected chi connectivity index (χ0v) is 11.8. The van der Waals surface area contributed by atoms with Crippen LogP contribution in [0.1, 0.15) is 0 Å². The van der Waals surface area contributed by atoms with Gasteiger partial charge in [0, 0.05) is 30.0 Å². The fraction of sp³-hybridized carbons (Fsp3) is 1.00. The monoisotopic (exact) mass is 364 g/mol. The predicted octanol–water partition coefficient (Wildman–Crippen LogP) is -5.74. The van der Waals surface area contributed by atoms with Crippen LogP contribution in [0.4, 0.5) is 0 Å². The maximum absolute atomic E-state index is 8.52. The summed E-state index contributed by atoms with van der Waals surface area (Å²) in [6.45, 7) is 1.75. The van der Waals surface area contributed by atoms with E-state index in [1.165, 1.54) is 0 Å². The molecule has 0 unspecified atom stereocenters. The topological polar surface area (TPSA) is 242 Å². The molecule has 0 spiro atoms. The molecule has 19 heavy (non-hydrogen) atoms. The Balaban J connectivity index is -0.0000000418. The first-order valence-corrected chi connectivity index (χ1v) is 5.40. The second kappa shape index (κ2) is 23.2. The van der Waals surface area contributed by atoms with E-state index in [9.17, 15) is 0 Å². The van der Waals surface area contributed by atoms with E-state index in [1.807, 2.05) is 0 Å². The molecule has 0 atom stereocenters. The van der Waals surface area contributed by atoms with Crippen molar-refractivity contribution in [2.24, 2.45) is 0 Å². The standard InChI is InChI=1S/C6H15NO3.Cu.H2O4S.3H2O/c8-4-1-7(2-5-9)3-6-10;;1-5(2,3)4;;;/h8-10H,1-6H2;;(H2,1,2,3,4);3*1H2/q;+2;;;;. The van der Waals surface area contributed by atoms with Gasteiger partial charge in [0.25, 0.3) is 0 Å². The Hall–Kier alpha value is 0.109. The van der Waals surface area contributed by atoms with Crippen LogP contribution in [0.25, 0.3) is 0 Å². The maximum Gasteiger partial charge on any atom is 2.00 e. The smallest absolute Gasteiger partial charge is 0.759 e. The summed E-state index contributed by atoms with van der Waals surface area (Å²) in [6.07, 6.45) is 0. The normalized spacial score (nSPS) is 8.74. The molecule has 0 aliphatic heterocycles. The third kappa shape index (κ3) is 56.6. The molecule has 0 bridgehead atoms. The van der Waals surface area contributed by atoms with Crippen LogP contribution in [0.5, 0.6) is 0 Å². The van der Waals surface area contributed by atoms with Crippen LogP contribution in [0.15, 0.2) is 0 Å². The summed E-state index contributed by atoms with van der Waals surface area (Å²) in [7, 11) is -5.17. The molecule has 0 aliphatic rings. The average Bonchev–Trinajstić information content (AvgIpc) is 2.02. The number of hydrogen-bond donors (Lipinski definition) is 3. The van der Waals surface area contributed by atoms with Gasteiger partial charge in [0.05, 0.1) is 19.8 Å². The Kier molecular flexibility index (Phi) is 44.6. The zero-order chi connectivity index (χ0) is 12.3. The molecule has 0 aromatic heterocycles. The summed E-state index contributed by atoms with van der Waals surface area (Å²) in [4.78, 5) is 1.79. The molecule has 0 saturated heterocycles. The van der Waals surface area contributed by atoms with E-state index in [0.717, 1.165) is 0 Å². The van der Waals surface area contributed by atoms with Crippen LogP contribution >= 0.6 is 0 Å². The van der Waals surface area contributed by atoms with Gasteiger partial charge in [0.1, 0.15) is 0 Å². The van der Waals surface area contributed by atoms with Crippen molar-refractivity contribution in [1.29, 1.82) is 0 Å². The van der Waals surface area contributed by atoms with Gasteiger partial charge < -0.3 is 40.9 Å². The van der Waals surface area contributed by atoms with Crippen molar-refractivity contribution in [3.63, 3.8) is 0 Å². The van der Waals surface area contributed by atoms with Gasteiger partial charge in [-0.25, -0.2) is 0 Å². The number of hydrogen-bond acceptors (Lipinski definition) is 8. The second-order valence-electron chi connectivity index (χ2n) is 2.42. The molecule has 127 valence electrons. The second-order valence-corrected chi connectivity index (χ2v) is 3.24. The third-order valence-electron chi connectivity index (χ3n) is 1.25. The van der Waals surface area contributed by atoms with Crippen LogP contribution in [0, 0.1) is 0 Å². The molecule has 11 nitrogen and oxygen atoms in total. The van der Waals surface area contributed by atoms with Gasteiger partial charge in [-0.1, -0.05) is 0 Å². The SMILES string of the molecule is O.O=S(=O)([O-])[O-].OCCN(CCO)CCO.[Cu+2].[OH3+].[OH3+]. The zero-order valence-electron chi connectivity index (χ0n) is 10.0. The predicted molar refractivity (Wildman–Crippen MR) is 61.5 cm³/mol. The van der Waals surface area contributed by atoms with E-state index in [2.05, 4.69) is 0 Å². The van der Waals surface area contributed by atoms with Crippen molar-refractivity contribution < 1.29 is 66.3 Å². The van der Waals surface area contributed by atoms with E-state index in [0.29, 0.717) is 19.6 Å². The van der Waals surface area contributed by atoms with Crippen molar-refractivity contribution in [3.8, 4) is 0 Å².